The number of hydrogen-bond acceptors (Lipinski definition) is 16. The molecule has 444 valence electrons. The van der Waals surface area contributed by atoms with Gasteiger partial charge in [0.15, 0.2) is 10.8 Å². The first-order valence-corrected chi connectivity index (χ1v) is 30.2. The van der Waals surface area contributed by atoms with E-state index in [9.17, 15) is 14.4 Å². The van der Waals surface area contributed by atoms with E-state index in [-0.39, 0.29) is 47.2 Å². The molecule has 3 aliphatic heterocycles. The van der Waals surface area contributed by atoms with Gasteiger partial charge in [-0.1, -0.05) is 72.9 Å². The van der Waals surface area contributed by atoms with Crippen LogP contribution >= 0.6 is 11.3 Å². The molecule has 12 rings (SSSR count). The third-order valence-electron chi connectivity index (χ3n) is 16.7. The van der Waals surface area contributed by atoms with Gasteiger partial charge in [0.1, 0.15) is 0 Å². The molecule has 0 bridgehead atoms. The number of aromatic amines is 4. The number of carbonyl (C=O) groups excluding carboxylic acids is 3. The molecule has 6 unspecified atom stereocenters. The molecule has 0 spiro atoms. The third-order valence-corrected chi connectivity index (χ3v) is 17.7. The molecule has 22 heteroatoms. The molecule has 6 atom stereocenters. The van der Waals surface area contributed by atoms with Gasteiger partial charge >= 0.3 is 0 Å². The summed E-state index contributed by atoms with van der Waals surface area (Å²) in [6, 6.07) is 26.5. The smallest absolute Gasteiger partial charge is 0.298 e. The predicted octanol–water partition coefficient (Wildman–Crippen LogP) is 8.06. The van der Waals surface area contributed by atoms with Crippen LogP contribution < -0.4 is 25.3 Å². The van der Waals surface area contributed by atoms with Crippen LogP contribution in [0.2, 0.25) is 0 Å². The fourth-order valence-electron chi connectivity index (χ4n) is 11.2. The van der Waals surface area contributed by atoms with Crippen LogP contribution in [0.5, 0.6) is 0 Å². The van der Waals surface area contributed by atoms with Crippen molar-refractivity contribution in [3.8, 4) is 0 Å². The maximum absolute atomic E-state index is 12.7. The van der Waals surface area contributed by atoms with Crippen LogP contribution in [0, 0.1) is 5.92 Å². The summed E-state index contributed by atoms with van der Waals surface area (Å²) in [4.78, 5) is 69.9. The number of rotatable bonds is 16. The highest BCUT2D eigenvalue weighted by atomic mass is 32.1. The van der Waals surface area contributed by atoms with Crippen LogP contribution in [0.1, 0.15) is 95.6 Å². The van der Waals surface area contributed by atoms with Crippen molar-refractivity contribution in [2.24, 2.45) is 5.92 Å². The van der Waals surface area contributed by atoms with E-state index in [4.69, 9.17) is 4.42 Å². The first-order valence-electron chi connectivity index (χ1n) is 29.4. The number of nitrogens with zero attached hydrogens (tertiary/aromatic N) is 11. The van der Waals surface area contributed by atoms with Crippen LogP contribution in [-0.2, 0) is 19.3 Å². The molecule has 9 heterocycles. The molecule has 21 nitrogen and oxygen atoms in total. The zero-order chi connectivity index (χ0) is 59.0. The fourth-order valence-corrected chi connectivity index (χ4v) is 12.1. The number of fused-ring (bicyclic) bond motifs is 3. The molecule has 0 aliphatic carbocycles. The number of nitrogens with one attached hydrogen (secondary N) is 6. The number of ketones is 1. The van der Waals surface area contributed by atoms with Crippen molar-refractivity contribution in [3.63, 3.8) is 0 Å². The number of H-pyrrole nitrogens is 4. The number of Topliss-reactive ketones (excluding diaryl/α,β-unsaturated/α-hetero) is 1. The lowest BCUT2D eigenvalue weighted by atomic mass is 9.96. The first-order chi connectivity index (χ1) is 40.5. The summed E-state index contributed by atoms with van der Waals surface area (Å²) in [5.74, 6) is 0.997. The summed E-state index contributed by atoms with van der Waals surface area (Å²) in [6.45, 7) is 20.9. The van der Waals surface area contributed by atoms with Crippen LogP contribution in [-0.4, -0.2) is 188 Å². The molecular formula is C62H81N17O4S. The number of likely N-dealkylation sites (N-methyl/N-ethyl adjacent to an activating group) is 3. The Kier molecular flexibility index (Phi) is 18.9. The Morgan fingerprint density at radius 1 is 0.619 bits per heavy atom. The number of aromatic nitrogens is 9. The normalized spacial score (nSPS) is 19.2. The monoisotopic (exact) mass is 1160 g/mol. The third kappa shape index (κ3) is 14.3. The van der Waals surface area contributed by atoms with Crippen LogP contribution in [0.4, 0.5) is 17.1 Å². The maximum Gasteiger partial charge on any atom is 0.298 e. The van der Waals surface area contributed by atoms with E-state index in [0.29, 0.717) is 41.5 Å². The van der Waals surface area contributed by atoms with Gasteiger partial charge in [0.05, 0.1) is 6.20 Å². The van der Waals surface area contributed by atoms with Crippen molar-refractivity contribution in [1.82, 2.24) is 70.6 Å². The molecule has 3 saturated heterocycles. The Bertz CT molecular complexity index is 3260. The SMILES string of the molecule is CC(CC(=O)c1nnc(N2CCN(C)C(C)C2)s1)Cc1c[nH]c2ccccc12.CC(Cc1c[nH]c2ccccc12)NC(=O)c1cnc(N2CCN(C)C(C)C2)o1.CC(Cc1c[nH]c2ccccc12)NC(=O)c1nc(N2CCN(C)C(C)C2)n[nH]1. The van der Waals surface area contributed by atoms with E-state index < -0.39 is 0 Å². The van der Waals surface area contributed by atoms with Gasteiger partial charge in [-0.2, -0.15) is 4.98 Å². The van der Waals surface area contributed by atoms with E-state index >= 15 is 0 Å². The molecular weight excluding hydrogens is 1080 g/mol. The number of carbonyl (C=O) groups is 3. The molecule has 3 aromatic carbocycles. The lowest BCUT2D eigenvalue weighted by molar-refractivity contribution is 0.0908. The lowest BCUT2D eigenvalue weighted by Crippen LogP contribution is -2.50. The standard InChI is InChI=1S/C21H27N5O2.C21H27N5OS.C20H27N7O/c1-14(10-16-11-22-18-7-5-4-6-17(16)18)24-20(27)19-12-23-21(28-19)26-9-8-25(3)15(2)13-26;1-14(10-16-12-22-18-7-5-4-6-17(16)18)11-19(27)20-23-24-21(28-20)26-9-8-25(3)15(2)13-26;1-13(10-15-11-21-17-7-5-4-6-16(15)17)22-19(28)18-23-20(25-24-18)27-9-8-26(3)14(2)12-27/h4-7,11-12,14-15,22H,8-10,13H2,1-3H3,(H,24,27);4-7,12,14-15,22H,8-11,13H2,1-3H3;4-7,11,13-14,21H,8-10,12H2,1-3H3,(H,22,28)(H,23,24,25). The number of para-hydroxylation sites is 3. The topological polar surface area (TPSA) is 235 Å². The van der Waals surface area contributed by atoms with Gasteiger partial charge in [-0.05, 0) is 116 Å². The summed E-state index contributed by atoms with van der Waals surface area (Å²) in [7, 11) is 6.38. The Morgan fingerprint density at radius 2 is 1.10 bits per heavy atom. The zero-order valence-corrected chi connectivity index (χ0v) is 50.7. The van der Waals surface area contributed by atoms with Crippen molar-refractivity contribution in [1.29, 1.82) is 0 Å². The maximum atomic E-state index is 12.7. The fraction of sp³-hybridized carbons (Fsp3) is 0.452. The Morgan fingerprint density at radius 3 is 1.64 bits per heavy atom. The summed E-state index contributed by atoms with van der Waals surface area (Å²) >= 11 is 1.43. The van der Waals surface area contributed by atoms with Gasteiger partial charge in [-0.15, -0.1) is 15.3 Å². The highest BCUT2D eigenvalue weighted by Crippen LogP contribution is 2.28. The number of anilines is 3. The second kappa shape index (κ2) is 26.8. The summed E-state index contributed by atoms with van der Waals surface area (Å²) < 4.78 is 5.75. The highest BCUT2D eigenvalue weighted by Gasteiger charge is 2.28. The second-order valence-corrected chi connectivity index (χ2v) is 24.3. The molecule has 2 amide bonds. The summed E-state index contributed by atoms with van der Waals surface area (Å²) in [6.07, 6.45) is 10.4. The van der Waals surface area contributed by atoms with Crippen molar-refractivity contribution < 1.29 is 18.8 Å². The molecule has 0 radical (unpaired) electrons. The average Bonchev–Trinajstić information content (AvgIpc) is 4.56. The molecule has 0 saturated carbocycles. The number of hydrogen-bond donors (Lipinski definition) is 6. The van der Waals surface area contributed by atoms with Gasteiger partial charge in [-0.25, -0.2) is 4.98 Å². The van der Waals surface area contributed by atoms with Crippen molar-refractivity contribution in [2.45, 2.75) is 97.4 Å². The summed E-state index contributed by atoms with van der Waals surface area (Å²) in [5, 5.41) is 26.6. The van der Waals surface area contributed by atoms with E-state index in [1.54, 1.807) is 0 Å². The lowest BCUT2D eigenvalue weighted by Gasteiger charge is -2.37. The number of amides is 2. The molecule has 6 N–H and O–H groups in total. The first kappa shape index (κ1) is 59.2. The quantitative estimate of drug-likeness (QED) is 0.0502. The van der Waals surface area contributed by atoms with Crippen LogP contribution in [0.3, 0.4) is 0 Å². The molecule has 3 aliphatic rings. The van der Waals surface area contributed by atoms with Gasteiger partial charge < -0.3 is 59.4 Å². The Balaban J connectivity index is 0.000000140. The van der Waals surface area contributed by atoms with E-state index in [1.165, 1.54) is 50.4 Å². The largest absolute Gasteiger partial charge is 0.418 e. The van der Waals surface area contributed by atoms with E-state index in [0.717, 1.165) is 99.8 Å². The minimum absolute atomic E-state index is 0.0242. The minimum Gasteiger partial charge on any atom is -0.418 e. The van der Waals surface area contributed by atoms with Gasteiger partial charge in [-0.3, -0.25) is 19.5 Å². The Labute approximate surface area is 495 Å². The number of piperazine rings is 3. The predicted molar refractivity (Wildman–Crippen MR) is 334 cm³/mol. The molecule has 9 aromatic rings. The zero-order valence-electron chi connectivity index (χ0n) is 49.9. The molecule has 3 fully saturated rings. The molecule has 6 aromatic heterocycles. The van der Waals surface area contributed by atoms with Crippen molar-refractivity contribution >= 4 is 78.7 Å². The average molecular weight is 1160 g/mol. The minimum atomic E-state index is -0.228. The number of oxazole rings is 1. The van der Waals surface area contributed by atoms with Gasteiger partial charge in [0, 0.05) is 147 Å². The highest BCUT2D eigenvalue weighted by molar-refractivity contribution is 7.17. The van der Waals surface area contributed by atoms with Crippen LogP contribution in [0.15, 0.2) is 102 Å². The van der Waals surface area contributed by atoms with Gasteiger partial charge in [0.25, 0.3) is 17.8 Å². The van der Waals surface area contributed by atoms with Crippen LogP contribution in [0.25, 0.3) is 32.7 Å². The summed E-state index contributed by atoms with van der Waals surface area (Å²) in [5.41, 5.74) is 7.00. The van der Waals surface area contributed by atoms with Crippen molar-refractivity contribution in [3.05, 3.63) is 131 Å². The number of benzene rings is 3. The molecule has 84 heavy (non-hydrogen) atoms. The van der Waals surface area contributed by atoms with E-state index in [1.807, 2.05) is 56.6 Å². The van der Waals surface area contributed by atoms with Crippen molar-refractivity contribution in [2.75, 3.05) is 94.7 Å². The second-order valence-electron chi connectivity index (χ2n) is 23.4. The Hall–Kier alpha value is -7.92. The van der Waals surface area contributed by atoms with E-state index in [2.05, 4.69) is 183 Å². The van der Waals surface area contributed by atoms with Gasteiger partial charge in [0.2, 0.25) is 22.7 Å².